The fourth-order valence-corrected chi connectivity index (χ4v) is 1.63. The molecule has 0 aliphatic rings. The van der Waals surface area contributed by atoms with Crippen molar-refractivity contribution in [3.8, 4) is 5.75 Å². The summed E-state index contributed by atoms with van der Waals surface area (Å²) in [5.74, 6) is 0.953. The summed E-state index contributed by atoms with van der Waals surface area (Å²) in [6.45, 7) is 5.60. The Hall–Kier alpha value is -0.730. The second kappa shape index (κ2) is 5.99. The van der Waals surface area contributed by atoms with Crippen molar-refractivity contribution in [3.63, 3.8) is 0 Å². The number of rotatable bonds is 5. The Balaban J connectivity index is 2.93. The number of hydrogen-bond donors (Lipinski definition) is 1. The first-order valence-corrected chi connectivity index (χ1v) is 5.63. The molecule has 84 valence electrons. The summed E-state index contributed by atoms with van der Waals surface area (Å²) in [5.41, 5.74) is 2.23. The van der Waals surface area contributed by atoms with Crippen LogP contribution in [0.3, 0.4) is 0 Å². The van der Waals surface area contributed by atoms with E-state index in [1.807, 2.05) is 33.0 Å². The van der Waals surface area contributed by atoms with Crippen LogP contribution in [0, 0.1) is 6.92 Å². The van der Waals surface area contributed by atoms with Crippen molar-refractivity contribution >= 4 is 11.6 Å². The highest BCUT2D eigenvalue weighted by Gasteiger charge is 2.06. The summed E-state index contributed by atoms with van der Waals surface area (Å²) < 4.78 is 5.58. The Labute approximate surface area is 96.6 Å². The molecule has 0 atom stereocenters. The van der Waals surface area contributed by atoms with E-state index in [-0.39, 0.29) is 0 Å². The van der Waals surface area contributed by atoms with E-state index in [0.717, 1.165) is 29.3 Å². The molecule has 0 aliphatic heterocycles. The molecule has 0 saturated heterocycles. The summed E-state index contributed by atoms with van der Waals surface area (Å²) in [6, 6.07) is 4.01. The molecule has 15 heavy (non-hydrogen) atoms. The van der Waals surface area contributed by atoms with E-state index in [4.69, 9.17) is 16.3 Å². The number of ether oxygens (including phenoxy) is 1. The summed E-state index contributed by atoms with van der Waals surface area (Å²) in [6.07, 6.45) is 0.936. The average Bonchev–Trinajstić information content (AvgIpc) is 2.21. The molecule has 0 amide bonds. The molecule has 0 bridgehead atoms. The van der Waals surface area contributed by atoms with Crippen molar-refractivity contribution in [2.24, 2.45) is 0 Å². The van der Waals surface area contributed by atoms with Gasteiger partial charge in [0, 0.05) is 5.02 Å². The van der Waals surface area contributed by atoms with Gasteiger partial charge in [0.25, 0.3) is 0 Å². The van der Waals surface area contributed by atoms with E-state index >= 15 is 0 Å². The number of aryl methyl sites for hydroxylation is 1. The molecule has 2 nitrogen and oxygen atoms in total. The predicted octanol–water partition coefficient (Wildman–Crippen LogP) is 2.81. The lowest BCUT2D eigenvalue weighted by Gasteiger charge is -2.12. The van der Waals surface area contributed by atoms with E-state index in [1.54, 1.807) is 0 Å². The van der Waals surface area contributed by atoms with Crippen LogP contribution in [0.25, 0.3) is 0 Å². The molecule has 1 aromatic rings. The number of benzene rings is 1. The number of halogens is 1. The minimum absolute atomic E-state index is 0.688. The van der Waals surface area contributed by atoms with Gasteiger partial charge in [-0.05, 0) is 57.1 Å². The van der Waals surface area contributed by atoms with Crippen LogP contribution in [0.5, 0.6) is 5.75 Å². The molecule has 3 heteroatoms. The first-order valence-electron chi connectivity index (χ1n) is 5.25. The van der Waals surface area contributed by atoms with Gasteiger partial charge in [-0.15, -0.1) is 0 Å². The number of hydrogen-bond acceptors (Lipinski definition) is 2. The average molecular weight is 228 g/mol. The molecule has 1 rings (SSSR count). The Morgan fingerprint density at radius 3 is 2.73 bits per heavy atom. The van der Waals surface area contributed by atoms with E-state index in [2.05, 4.69) is 5.32 Å². The number of nitrogens with one attached hydrogen (secondary N) is 1. The van der Waals surface area contributed by atoms with Crippen molar-refractivity contribution in [2.75, 3.05) is 20.2 Å². The second-order valence-corrected chi connectivity index (χ2v) is 3.90. The van der Waals surface area contributed by atoms with Crippen molar-refractivity contribution in [1.29, 1.82) is 0 Å². The summed E-state index contributed by atoms with van der Waals surface area (Å²) in [7, 11) is 1.94. The highest BCUT2D eigenvalue weighted by molar-refractivity contribution is 6.31. The molecule has 0 fully saturated rings. The maximum absolute atomic E-state index is 6.09. The summed E-state index contributed by atoms with van der Waals surface area (Å²) in [4.78, 5) is 0. The minimum Gasteiger partial charge on any atom is -0.494 e. The van der Waals surface area contributed by atoms with Gasteiger partial charge >= 0.3 is 0 Å². The third-order valence-corrected chi connectivity index (χ3v) is 2.69. The molecule has 1 aromatic carbocycles. The Bertz CT molecular complexity index is 326. The second-order valence-electron chi connectivity index (χ2n) is 3.50. The number of likely N-dealkylation sites (N-methyl/N-ethyl adjacent to an activating group) is 1. The van der Waals surface area contributed by atoms with Crippen LogP contribution in [-0.2, 0) is 6.42 Å². The smallest absolute Gasteiger partial charge is 0.122 e. The summed E-state index contributed by atoms with van der Waals surface area (Å²) in [5, 5.41) is 3.93. The molecular formula is C12H18ClNO. The SMILES string of the molecule is CCOc1cc(C)c(Cl)cc1CCNC. The zero-order valence-corrected chi connectivity index (χ0v) is 10.3. The third-order valence-electron chi connectivity index (χ3n) is 2.29. The maximum Gasteiger partial charge on any atom is 0.122 e. The maximum atomic E-state index is 6.09. The standard InChI is InChI=1S/C12H18ClNO/c1-4-15-12-7-9(2)11(13)8-10(12)5-6-14-3/h7-8,14H,4-6H2,1-3H3. The van der Waals surface area contributed by atoms with Crippen LogP contribution in [0.1, 0.15) is 18.1 Å². The molecule has 0 aliphatic carbocycles. The summed E-state index contributed by atoms with van der Waals surface area (Å²) >= 11 is 6.09. The molecule has 0 unspecified atom stereocenters. The first kappa shape index (κ1) is 12.3. The Morgan fingerprint density at radius 1 is 1.40 bits per heavy atom. The third kappa shape index (κ3) is 3.40. The Kier molecular flexibility index (Phi) is 4.92. The molecule has 1 N–H and O–H groups in total. The fourth-order valence-electron chi connectivity index (χ4n) is 1.44. The Morgan fingerprint density at radius 2 is 2.13 bits per heavy atom. The van der Waals surface area contributed by atoms with Crippen molar-refractivity contribution in [3.05, 3.63) is 28.3 Å². The van der Waals surface area contributed by atoms with Gasteiger partial charge in [0.05, 0.1) is 6.61 Å². The largest absolute Gasteiger partial charge is 0.494 e. The molecule has 0 aromatic heterocycles. The van der Waals surface area contributed by atoms with E-state index < -0.39 is 0 Å². The van der Waals surface area contributed by atoms with E-state index in [9.17, 15) is 0 Å². The van der Waals surface area contributed by atoms with Crippen LogP contribution < -0.4 is 10.1 Å². The highest BCUT2D eigenvalue weighted by Crippen LogP contribution is 2.27. The lowest BCUT2D eigenvalue weighted by molar-refractivity contribution is 0.336. The highest BCUT2D eigenvalue weighted by atomic mass is 35.5. The van der Waals surface area contributed by atoms with Gasteiger partial charge in [0.2, 0.25) is 0 Å². The van der Waals surface area contributed by atoms with Crippen LogP contribution in [-0.4, -0.2) is 20.2 Å². The van der Waals surface area contributed by atoms with Crippen molar-refractivity contribution in [1.82, 2.24) is 5.32 Å². The van der Waals surface area contributed by atoms with Crippen molar-refractivity contribution in [2.45, 2.75) is 20.3 Å². The van der Waals surface area contributed by atoms with Crippen LogP contribution in [0.2, 0.25) is 5.02 Å². The van der Waals surface area contributed by atoms with Crippen LogP contribution >= 0.6 is 11.6 Å². The molecule has 0 spiro atoms. The van der Waals surface area contributed by atoms with Crippen LogP contribution in [0.4, 0.5) is 0 Å². The van der Waals surface area contributed by atoms with Gasteiger partial charge in [0.1, 0.15) is 5.75 Å². The molecular weight excluding hydrogens is 210 g/mol. The fraction of sp³-hybridized carbons (Fsp3) is 0.500. The zero-order valence-electron chi connectivity index (χ0n) is 9.56. The molecule has 0 saturated carbocycles. The first-order chi connectivity index (χ1) is 7.19. The van der Waals surface area contributed by atoms with E-state index in [0.29, 0.717) is 6.61 Å². The minimum atomic E-state index is 0.688. The lowest BCUT2D eigenvalue weighted by atomic mass is 10.1. The van der Waals surface area contributed by atoms with Gasteiger partial charge < -0.3 is 10.1 Å². The van der Waals surface area contributed by atoms with Gasteiger partial charge in [-0.3, -0.25) is 0 Å². The zero-order chi connectivity index (χ0) is 11.3. The van der Waals surface area contributed by atoms with Gasteiger partial charge in [-0.1, -0.05) is 11.6 Å². The molecule has 0 heterocycles. The van der Waals surface area contributed by atoms with Gasteiger partial charge in [0.15, 0.2) is 0 Å². The van der Waals surface area contributed by atoms with Crippen LogP contribution in [0.15, 0.2) is 12.1 Å². The van der Waals surface area contributed by atoms with Crippen molar-refractivity contribution < 1.29 is 4.74 Å². The topological polar surface area (TPSA) is 21.3 Å². The quantitative estimate of drug-likeness (QED) is 0.835. The predicted molar refractivity (Wildman–Crippen MR) is 65.0 cm³/mol. The lowest BCUT2D eigenvalue weighted by Crippen LogP contribution is -2.11. The molecule has 0 radical (unpaired) electrons. The normalized spacial score (nSPS) is 10.4. The van der Waals surface area contributed by atoms with Gasteiger partial charge in [-0.25, -0.2) is 0 Å². The monoisotopic (exact) mass is 227 g/mol. The van der Waals surface area contributed by atoms with E-state index in [1.165, 1.54) is 5.56 Å². The van der Waals surface area contributed by atoms with Gasteiger partial charge in [-0.2, -0.15) is 0 Å².